The molecule has 0 saturated heterocycles. The van der Waals surface area contributed by atoms with E-state index in [1.165, 1.54) is 24.2 Å². The zero-order valence-corrected chi connectivity index (χ0v) is 12.0. The Kier molecular flexibility index (Phi) is 4.16. The lowest BCUT2D eigenvalue weighted by Gasteiger charge is -2.18. The van der Waals surface area contributed by atoms with Crippen molar-refractivity contribution in [3.8, 4) is 0 Å². The van der Waals surface area contributed by atoms with Crippen molar-refractivity contribution in [3.05, 3.63) is 53.9 Å². The van der Waals surface area contributed by atoms with Gasteiger partial charge in [-0.25, -0.2) is 8.78 Å². The summed E-state index contributed by atoms with van der Waals surface area (Å²) in [6.45, 7) is 0. The van der Waals surface area contributed by atoms with Crippen LogP contribution in [0.15, 0.2) is 36.5 Å². The van der Waals surface area contributed by atoms with Gasteiger partial charge in [-0.15, -0.1) is 0 Å². The summed E-state index contributed by atoms with van der Waals surface area (Å²) in [5.74, 6) is -2.35. The van der Waals surface area contributed by atoms with Crippen molar-refractivity contribution < 1.29 is 13.6 Å². The van der Waals surface area contributed by atoms with E-state index in [1.54, 1.807) is 12.1 Å². The highest BCUT2D eigenvalue weighted by Gasteiger charge is 2.17. The third-order valence-electron chi connectivity index (χ3n) is 3.07. The van der Waals surface area contributed by atoms with Crippen LogP contribution in [0.5, 0.6) is 0 Å². The number of amides is 1. The number of rotatable bonds is 3. The molecule has 0 atom stereocenters. The molecule has 4 nitrogen and oxygen atoms in total. The predicted octanol–water partition coefficient (Wildman–Crippen LogP) is 2.70. The second-order valence-corrected chi connectivity index (χ2v) is 4.76. The lowest BCUT2D eigenvalue weighted by Crippen LogP contribution is -2.27. The maximum atomic E-state index is 13.2. The second-order valence-electron chi connectivity index (χ2n) is 4.76. The van der Waals surface area contributed by atoms with Crippen LogP contribution in [0.4, 0.5) is 20.2 Å². The molecule has 0 fully saturated rings. The van der Waals surface area contributed by atoms with E-state index < -0.39 is 17.5 Å². The van der Waals surface area contributed by atoms with Crippen LogP contribution in [0.25, 0.3) is 0 Å². The maximum absolute atomic E-state index is 13.2. The van der Waals surface area contributed by atoms with Crippen molar-refractivity contribution in [1.82, 2.24) is 4.98 Å². The first-order valence-corrected chi connectivity index (χ1v) is 6.26. The van der Waals surface area contributed by atoms with Crippen LogP contribution < -0.4 is 9.80 Å². The summed E-state index contributed by atoms with van der Waals surface area (Å²) in [6, 6.07) is 6.71. The molecule has 0 unspecified atom stereocenters. The van der Waals surface area contributed by atoms with E-state index >= 15 is 0 Å². The number of pyridine rings is 1. The van der Waals surface area contributed by atoms with Gasteiger partial charge in [-0.3, -0.25) is 9.78 Å². The maximum Gasteiger partial charge on any atom is 0.276 e. The first kappa shape index (κ1) is 14.9. The molecule has 0 aliphatic rings. The molecule has 1 aromatic carbocycles. The van der Waals surface area contributed by atoms with Crippen molar-refractivity contribution in [2.75, 3.05) is 30.9 Å². The summed E-state index contributed by atoms with van der Waals surface area (Å²) >= 11 is 0. The first-order valence-electron chi connectivity index (χ1n) is 6.26. The van der Waals surface area contributed by atoms with Gasteiger partial charge in [0.05, 0.1) is 0 Å². The Labute approximate surface area is 121 Å². The summed E-state index contributed by atoms with van der Waals surface area (Å²) in [5, 5.41) is 0. The van der Waals surface area contributed by atoms with Crippen molar-refractivity contribution in [2.24, 2.45) is 0 Å². The summed E-state index contributed by atoms with van der Waals surface area (Å²) in [6.07, 6.45) is 1.53. The van der Waals surface area contributed by atoms with Crippen molar-refractivity contribution in [1.29, 1.82) is 0 Å². The molecule has 1 amide bonds. The van der Waals surface area contributed by atoms with Crippen LogP contribution in [0.1, 0.15) is 10.5 Å². The van der Waals surface area contributed by atoms with Crippen LogP contribution in [0.2, 0.25) is 0 Å². The molecule has 6 heteroatoms. The van der Waals surface area contributed by atoms with E-state index in [4.69, 9.17) is 0 Å². The third kappa shape index (κ3) is 3.16. The lowest BCUT2D eigenvalue weighted by molar-refractivity contribution is 0.0988. The molecule has 0 aliphatic carbocycles. The van der Waals surface area contributed by atoms with E-state index in [-0.39, 0.29) is 11.4 Å². The SMILES string of the molecule is CN(C)c1ccnc(C(=O)N(C)c2ccc(F)c(F)c2)c1. The average Bonchev–Trinajstić information content (AvgIpc) is 2.48. The van der Waals surface area contributed by atoms with Gasteiger partial charge in [-0.1, -0.05) is 0 Å². The molecule has 0 radical (unpaired) electrons. The summed E-state index contributed by atoms with van der Waals surface area (Å²) < 4.78 is 26.2. The van der Waals surface area contributed by atoms with E-state index in [2.05, 4.69) is 4.98 Å². The zero-order valence-electron chi connectivity index (χ0n) is 12.0. The van der Waals surface area contributed by atoms with Gasteiger partial charge in [0.15, 0.2) is 11.6 Å². The summed E-state index contributed by atoms with van der Waals surface area (Å²) in [5.41, 5.74) is 1.32. The standard InChI is InChI=1S/C15H15F2N3O/c1-19(2)10-6-7-18-14(9-10)15(21)20(3)11-4-5-12(16)13(17)8-11/h4-9H,1-3H3. The van der Waals surface area contributed by atoms with E-state index in [0.29, 0.717) is 0 Å². The van der Waals surface area contributed by atoms with Gasteiger partial charge in [0.25, 0.3) is 5.91 Å². The number of halogens is 2. The molecule has 0 N–H and O–H groups in total. The summed E-state index contributed by atoms with van der Waals surface area (Å²) in [4.78, 5) is 19.4. The predicted molar refractivity (Wildman–Crippen MR) is 77.7 cm³/mol. The number of anilines is 2. The molecule has 2 rings (SSSR count). The highest BCUT2D eigenvalue weighted by atomic mass is 19.2. The number of hydrogen-bond acceptors (Lipinski definition) is 3. The minimum Gasteiger partial charge on any atom is -0.378 e. The zero-order chi connectivity index (χ0) is 15.6. The van der Waals surface area contributed by atoms with Crippen LogP contribution in [0.3, 0.4) is 0 Å². The van der Waals surface area contributed by atoms with Crippen molar-refractivity contribution in [3.63, 3.8) is 0 Å². The monoisotopic (exact) mass is 291 g/mol. The fraction of sp³-hybridized carbons (Fsp3) is 0.200. The highest BCUT2D eigenvalue weighted by Crippen LogP contribution is 2.19. The molecular formula is C15H15F2N3O. The van der Waals surface area contributed by atoms with Crippen molar-refractivity contribution in [2.45, 2.75) is 0 Å². The van der Waals surface area contributed by atoms with E-state index in [1.807, 2.05) is 19.0 Å². The fourth-order valence-electron chi connectivity index (χ4n) is 1.80. The van der Waals surface area contributed by atoms with Crippen molar-refractivity contribution >= 4 is 17.3 Å². The van der Waals surface area contributed by atoms with Crippen LogP contribution >= 0.6 is 0 Å². The molecular weight excluding hydrogens is 276 g/mol. The molecule has 0 spiro atoms. The van der Waals surface area contributed by atoms with E-state index in [0.717, 1.165) is 17.8 Å². The molecule has 0 bridgehead atoms. The average molecular weight is 291 g/mol. The molecule has 1 aromatic heterocycles. The fourth-order valence-corrected chi connectivity index (χ4v) is 1.80. The van der Waals surface area contributed by atoms with Gasteiger partial charge >= 0.3 is 0 Å². The largest absolute Gasteiger partial charge is 0.378 e. The molecule has 0 aliphatic heterocycles. The topological polar surface area (TPSA) is 36.4 Å². The van der Waals surface area contributed by atoms with Gasteiger partial charge in [0.1, 0.15) is 5.69 Å². The Morgan fingerprint density at radius 3 is 2.33 bits per heavy atom. The third-order valence-corrected chi connectivity index (χ3v) is 3.07. The number of hydrogen-bond donors (Lipinski definition) is 0. The molecule has 1 heterocycles. The van der Waals surface area contributed by atoms with Gasteiger partial charge in [-0.05, 0) is 24.3 Å². The number of aromatic nitrogens is 1. The van der Waals surface area contributed by atoms with Gasteiger partial charge in [0.2, 0.25) is 0 Å². The van der Waals surface area contributed by atoms with Gasteiger partial charge < -0.3 is 9.80 Å². The quantitative estimate of drug-likeness (QED) is 0.872. The Morgan fingerprint density at radius 2 is 1.71 bits per heavy atom. The second kappa shape index (κ2) is 5.87. The molecule has 110 valence electrons. The number of nitrogens with zero attached hydrogens (tertiary/aromatic N) is 3. The number of benzene rings is 1. The smallest absolute Gasteiger partial charge is 0.276 e. The molecule has 2 aromatic rings. The Morgan fingerprint density at radius 1 is 1.00 bits per heavy atom. The highest BCUT2D eigenvalue weighted by molar-refractivity contribution is 6.04. The normalized spacial score (nSPS) is 10.3. The van der Waals surface area contributed by atoms with Gasteiger partial charge in [0, 0.05) is 44.8 Å². The lowest BCUT2D eigenvalue weighted by atomic mass is 10.2. The Bertz CT molecular complexity index is 674. The summed E-state index contributed by atoms with van der Waals surface area (Å²) in [7, 11) is 5.18. The Balaban J connectivity index is 2.30. The van der Waals surface area contributed by atoms with E-state index in [9.17, 15) is 13.6 Å². The minimum absolute atomic E-state index is 0.230. The number of carbonyl (C=O) groups excluding carboxylic acids is 1. The van der Waals surface area contributed by atoms with Crippen LogP contribution in [-0.4, -0.2) is 32.0 Å². The number of carbonyl (C=O) groups is 1. The Hall–Kier alpha value is -2.50. The van der Waals surface area contributed by atoms with Crippen LogP contribution in [-0.2, 0) is 0 Å². The first-order chi connectivity index (χ1) is 9.90. The van der Waals surface area contributed by atoms with Gasteiger partial charge in [-0.2, -0.15) is 0 Å². The van der Waals surface area contributed by atoms with Crippen LogP contribution in [0, 0.1) is 11.6 Å². The molecule has 0 saturated carbocycles. The molecule has 21 heavy (non-hydrogen) atoms. The minimum atomic E-state index is -0.998.